The van der Waals surface area contributed by atoms with Crippen LogP contribution in [0.1, 0.15) is 0 Å². The van der Waals surface area contributed by atoms with Gasteiger partial charge in [-0.15, -0.1) is 11.3 Å². The number of thiophene rings is 1. The van der Waals surface area contributed by atoms with E-state index in [9.17, 15) is 31.4 Å². The zero-order chi connectivity index (χ0) is 26.0. The maximum Gasteiger partial charge on any atom is 0.405 e. The highest BCUT2D eigenvalue weighted by Crippen LogP contribution is 2.25. The Balaban J connectivity index is 1.49. The summed E-state index contributed by atoms with van der Waals surface area (Å²) in [7, 11) is -1.79. The predicted molar refractivity (Wildman–Crippen MR) is 132 cm³/mol. The summed E-state index contributed by atoms with van der Waals surface area (Å²) in [4.78, 5) is 25.0. The van der Waals surface area contributed by atoms with Gasteiger partial charge in [0.1, 0.15) is 16.6 Å². The number of alkyl halides is 3. The van der Waals surface area contributed by atoms with Gasteiger partial charge < -0.3 is 10.6 Å². The summed E-state index contributed by atoms with van der Waals surface area (Å²) >= 11 is 6.86. The van der Waals surface area contributed by atoms with Crippen molar-refractivity contribution in [1.82, 2.24) is 9.29 Å². The lowest BCUT2D eigenvalue weighted by Gasteiger charge is -2.13. The molecule has 0 fully saturated rings. The number of benzene rings is 2. The third-order valence-corrected chi connectivity index (χ3v) is 7.39. The monoisotopic (exact) mass is 558 g/mol. The molecule has 0 spiro atoms. The van der Waals surface area contributed by atoms with Crippen LogP contribution < -0.4 is 20.9 Å². The van der Waals surface area contributed by atoms with Crippen LogP contribution in [0, 0.1) is 5.82 Å². The van der Waals surface area contributed by atoms with Crippen LogP contribution in [0.2, 0.25) is 4.34 Å². The number of carbonyl (C=O) groups is 1. The molecular weight excluding hydrogens is 544 g/mol. The zero-order valence-electron chi connectivity index (χ0n) is 17.9. The van der Waals surface area contributed by atoms with Crippen LogP contribution in [0.4, 0.5) is 33.7 Å². The molecule has 0 saturated carbocycles. The molecule has 1 atom stereocenters. The molecular formula is C22H15ClF4N4O3S2. The molecule has 2 amide bonds. The summed E-state index contributed by atoms with van der Waals surface area (Å²) in [6.45, 7) is -1.41. The van der Waals surface area contributed by atoms with E-state index in [1.807, 2.05) is 5.32 Å². The largest absolute Gasteiger partial charge is 0.405 e. The number of hydrogen-bond donors (Lipinski definition) is 3. The number of urea groups is 1. The summed E-state index contributed by atoms with van der Waals surface area (Å²) in [6.07, 6.45) is -3.12. The van der Waals surface area contributed by atoms with Crippen molar-refractivity contribution in [2.45, 2.75) is 10.4 Å². The predicted octanol–water partition coefficient (Wildman–Crippen LogP) is 5.66. The van der Waals surface area contributed by atoms with Crippen LogP contribution in [0.25, 0.3) is 16.5 Å². The lowest BCUT2D eigenvalue weighted by Crippen LogP contribution is -2.30. The van der Waals surface area contributed by atoms with Crippen LogP contribution >= 0.6 is 22.9 Å². The van der Waals surface area contributed by atoms with E-state index in [1.165, 1.54) is 47.2 Å². The van der Waals surface area contributed by atoms with Gasteiger partial charge in [-0.2, -0.15) is 13.2 Å². The maximum atomic E-state index is 14.3. The minimum absolute atomic E-state index is 0.0229. The highest BCUT2D eigenvalue weighted by Gasteiger charge is 2.27. The van der Waals surface area contributed by atoms with E-state index >= 15 is 0 Å². The maximum absolute atomic E-state index is 14.3. The van der Waals surface area contributed by atoms with Crippen LogP contribution in [0.5, 0.6) is 0 Å². The number of anilines is 2. The van der Waals surface area contributed by atoms with E-state index in [4.69, 9.17) is 11.6 Å². The lowest BCUT2D eigenvalue weighted by molar-refractivity contribution is -0.115. The van der Waals surface area contributed by atoms with E-state index in [1.54, 1.807) is 6.07 Å². The molecule has 14 heteroatoms. The molecule has 2 aromatic carbocycles. The van der Waals surface area contributed by atoms with Crippen molar-refractivity contribution >= 4 is 62.1 Å². The molecule has 0 radical (unpaired) electrons. The fourth-order valence-electron chi connectivity index (χ4n) is 3.19. The second-order valence-corrected chi connectivity index (χ2v) is 10.5. The van der Waals surface area contributed by atoms with Gasteiger partial charge in [0.2, 0.25) is 0 Å². The van der Waals surface area contributed by atoms with Gasteiger partial charge in [0.15, 0.2) is 11.0 Å². The number of nitrogens with zero attached hydrogens (tertiary/aromatic N) is 1. The molecule has 188 valence electrons. The van der Waals surface area contributed by atoms with Gasteiger partial charge >= 0.3 is 12.2 Å². The smallest absolute Gasteiger partial charge is 0.374 e. The highest BCUT2D eigenvalue weighted by molar-refractivity contribution is 7.86. The van der Waals surface area contributed by atoms with E-state index in [0.29, 0.717) is 19.9 Å². The number of carbonyl (C=O) groups excluding carboxylic acids is 1. The fourth-order valence-corrected chi connectivity index (χ4v) is 5.32. The Morgan fingerprint density at radius 3 is 2.44 bits per heavy atom. The second-order valence-electron chi connectivity index (χ2n) is 7.31. The summed E-state index contributed by atoms with van der Waals surface area (Å²) in [5.74, 6) is -0.991. The number of halogens is 5. The number of aromatic nitrogens is 1. The van der Waals surface area contributed by atoms with Gasteiger partial charge in [0, 0.05) is 17.6 Å². The van der Waals surface area contributed by atoms with Gasteiger partial charge in [-0.3, -0.25) is 14.1 Å². The van der Waals surface area contributed by atoms with Gasteiger partial charge in [-0.05, 0) is 60.0 Å². The molecule has 36 heavy (non-hydrogen) atoms. The Morgan fingerprint density at radius 2 is 1.81 bits per heavy atom. The third kappa shape index (κ3) is 6.04. The normalized spacial score (nSPS) is 12.4. The lowest BCUT2D eigenvalue weighted by atomic mass is 10.1. The van der Waals surface area contributed by atoms with E-state index < -0.39 is 41.1 Å². The standard InChI is InChI=1S/C22H15ClF4N4O3S2/c23-18-5-6-19(35-18)36(34)30-21(33)29-13-1-3-14(4-2-13)31-8-7-12-9-17(28-11-22(25,26)27)16(24)10-15(12)20(31)32/h1-10,28H,11H2,(H2,29,30,33). The average Bonchev–Trinajstić information content (AvgIpc) is 3.25. The molecule has 3 N–H and O–H groups in total. The Bertz CT molecular complexity index is 1520. The summed E-state index contributed by atoms with van der Waals surface area (Å²) in [6, 6.07) is 11.9. The first-order valence-electron chi connectivity index (χ1n) is 10.0. The first-order valence-corrected chi connectivity index (χ1v) is 12.4. The Labute approximate surface area is 212 Å². The molecule has 2 heterocycles. The first-order chi connectivity index (χ1) is 17.0. The number of hydrogen-bond acceptors (Lipinski definition) is 5. The zero-order valence-corrected chi connectivity index (χ0v) is 20.2. The summed E-state index contributed by atoms with van der Waals surface area (Å²) in [5.41, 5.74) is -0.215. The van der Waals surface area contributed by atoms with Crippen LogP contribution in [0.15, 0.2) is 69.8 Å². The van der Waals surface area contributed by atoms with Crippen molar-refractivity contribution in [3.8, 4) is 5.69 Å². The van der Waals surface area contributed by atoms with Crippen LogP contribution in [0.3, 0.4) is 0 Å². The van der Waals surface area contributed by atoms with Crippen molar-refractivity contribution in [3.05, 3.63) is 81.3 Å². The Hall–Kier alpha value is -3.42. The van der Waals surface area contributed by atoms with E-state index in [2.05, 4.69) is 10.0 Å². The van der Waals surface area contributed by atoms with Crippen molar-refractivity contribution in [2.24, 2.45) is 0 Å². The minimum Gasteiger partial charge on any atom is -0.374 e. The minimum atomic E-state index is -4.53. The molecule has 0 aliphatic carbocycles. The topological polar surface area (TPSA) is 92.2 Å². The van der Waals surface area contributed by atoms with Crippen molar-refractivity contribution in [2.75, 3.05) is 17.2 Å². The van der Waals surface area contributed by atoms with Gasteiger partial charge in [-0.25, -0.2) is 13.4 Å². The average molecular weight is 559 g/mol. The van der Waals surface area contributed by atoms with Gasteiger partial charge in [-0.1, -0.05) is 11.6 Å². The van der Waals surface area contributed by atoms with Gasteiger partial charge in [0.25, 0.3) is 5.56 Å². The molecule has 0 aliphatic rings. The first kappa shape index (κ1) is 25.7. The van der Waals surface area contributed by atoms with Crippen molar-refractivity contribution < 1.29 is 26.6 Å². The molecule has 4 aromatic rings. The van der Waals surface area contributed by atoms with E-state index in [-0.39, 0.29) is 16.5 Å². The van der Waals surface area contributed by atoms with Crippen LogP contribution in [-0.4, -0.2) is 27.5 Å². The number of pyridine rings is 1. The van der Waals surface area contributed by atoms with E-state index in [0.717, 1.165) is 23.5 Å². The van der Waals surface area contributed by atoms with Crippen molar-refractivity contribution in [3.63, 3.8) is 0 Å². The molecule has 1 unspecified atom stereocenters. The Morgan fingerprint density at radius 1 is 1.08 bits per heavy atom. The highest BCUT2D eigenvalue weighted by atomic mass is 35.5. The van der Waals surface area contributed by atoms with Gasteiger partial charge in [0.05, 0.1) is 15.4 Å². The molecule has 0 saturated heterocycles. The summed E-state index contributed by atoms with van der Waals surface area (Å²) in [5, 5.41) is 4.73. The molecule has 0 aliphatic heterocycles. The van der Waals surface area contributed by atoms with Crippen molar-refractivity contribution in [1.29, 1.82) is 0 Å². The molecule has 7 nitrogen and oxygen atoms in total. The summed E-state index contributed by atoms with van der Waals surface area (Å²) < 4.78 is 68.1. The SMILES string of the molecule is O=C(Nc1ccc(-n2ccc3cc(NCC(F)(F)F)c(F)cc3c2=O)cc1)NS(=O)c1ccc(Cl)s1. The number of amides is 2. The number of nitrogens with one attached hydrogen (secondary N) is 3. The third-order valence-electron chi connectivity index (χ3n) is 4.79. The quantitative estimate of drug-likeness (QED) is 0.266. The Kier molecular flexibility index (Phi) is 7.33. The molecule has 4 rings (SSSR count). The van der Waals surface area contributed by atoms with Crippen LogP contribution in [-0.2, 0) is 11.0 Å². The molecule has 0 bridgehead atoms. The molecule has 2 aromatic heterocycles. The number of rotatable bonds is 6. The fraction of sp³-hybridized carbons (Fsp3) is 0.0909. The second kappa shape index (κ2) is 10.3. The number of fused-ring (bicyclic) bond motifs is 1.